The molecule has 3 aromatic rings. The molecule has 130 valence electrons. The third kappa shape index (κ3) is 3.87. The number of nitrogens with zero attached hydrogens (tertiary/aromatic N) is 2. The van der Waals surface area contributed by atoms with Crippen molar-refractivity contribution in [2.75, 3.05) is 11.2 Å². The molecule has 0 saturated heterocycles. The first-order chi connectivity index (χ1) is 12.5. The number of nitrogen functional groups attached to an aromatic ring is 1. The van der Waals surface area contributed by atoms with Gasteiger partial charge in [0, 0.05) is 28.9 Å². The maximum Gasteiger partial charge on any atom is 0.269 e. The van der Waals surface area contributed by atoms with Crippen LogP contribution in [0.5, 0.6) is 0 Å². The molecule has 0 bridgehead atoms. The van der Waals surface area contributed by atoms with Crippen LogP contribution in [0.3, 0.4) is 0 Å². The fraction of sp³-hybridized carbons (Fsp3) is 0.0500. The van der Waals surface area contributed by atoms with Crippen LogP contribution in [0.4, 0.5) is 17.1 Å². The van der Waals surface area contributed by atoms with Crippen molar-refractivity contribution in [1.29, 1.82) is 0 Å². The van der Waals surface area contributed by atoms with Crippen molar-refractivity contribution in [3.8, 4) is 0 Å². The molecule has 6 nitrogen and oxygen atoms in total. The average molecular weight is 346 g/mol. The smallest absolute Gasteiger partial charge is 0.269 e. The first kappa shape index (κ1) is 17.2. The summed E-state index contributed by atoms with van der Waals surface area (Å²) in [5.41, 5.74) is 14.0. The van der Waals surface area contributed by atoms with E-state index in [2.05, 4.69) is 10.5 Å². The summed E-state index contributed by atoms with van der Waals surface area (Å²) in [5.74, 6) is 0. The summed E-state index contributed by atoms with van der Waals surface area (Å²) in [6, 6.07) is 21.6. The second-order valence-corrected chi connectivity index (χ2v) is 5.83. The van der Waals surface area contributed by atoms with Gasteiger partial charge in [0.1, 0.15) is 0 Å². The van der Waals surface area contributed by atoms with Crippen molar-refractivity contribution in [2.24, 2.45) is 5.10 Å². The number of nitro groups is 1. The fourth-order valence-corrected chi connectivity index (χ4v) is 2.53. The third-order valence-corrected chi connectivity index (χ3v) is 3.89. The summed E-state index contributed by atoms with van der Waals surface area (Å²) in [5, 5.41) is 15.3. The number of anilines is 2. The normalized spacial score (nSPS) is 11.2. The SMILES string of the molecule is Cc1ccc(N)c(C(=NNc2ccc([N+](=O)[O-])cc2)c2ccccc2)c1. The molecule has 26 heavy (non-hydrogen) atoms. The number of non-ortho nitro benzene ring substituents is 1. The highest BCUT2D eigenvalue weighted by molar-refractivity contribution is 6.16. The molecule has 0 aromatic heterocycles. The minimum atomic E-state index is -0.435. The molecule has 0 aliphatic heterocycles. The molecule has 0 atom stereocenters. The molecule has 0 radical (unpaired) electrons. The van der Waals surface area contributed by atoms with Gasteiger partial charge in [-0.1, -0.05) is 42.0 Å². The summed E-state index contributed by atoms with van der Waals surface area (Å²) >= 11 is 0. The Labute approximate surface area is 151 Å². The Morgan fingerprint density at radius 3 is 2.38 bits per heavy atom. The lowest BCUT2D eigenvalue weighted by molar-refractivity contribution is -0.384. The predicted molar refractivity (Wildman–Crippen MR) is 104 cm³/mol. The summed E-state index contributed by atoms with van der Waals surface area (Å²) in [6.07, 6.45) is 0. The van der Waals surface area contributed by atoms with E-state index in [0.717, 1.165) is 16.7 Å². The first-order valence-corrected chi connectivity index (χ1v) is 8.04. The molecule has 0 unspecified atom stereocenters. The van der Waals surface area contributed by atoms with Crippen LogP contribution in [-0.2, 0) is 0 Å². The number of aryl methyl sites for hydroxylation is 1. The van der Waals surface area contributed by atoms with Crippen LogP contribution in [-0.4, -0.2) is 10.6 Å². The summed E-state index contributed by atoms with van der Waals surface area (Å²) in [7, 11) is 0. The Morgan fingerprint density at radius 2 is 1.73 bits per heavy atom. The monoisotopic (exact) mass is 346 g/mol. The van der Waals surface area contributed by atoms with E-state index >= 15 is 0 Å². The van der Waals surface area contributed by atoms with Gasteiger partial charge in [0.05, 0.1) is 16.3 Å². The maximum absolute atomic E-state index is 10.8. The number of nitro benzene ring substituents is 1. The molecule has 6 heteroatoms. The van der Waals surface area contributed by atoms with Crippen molar-refractivity contribution >= 4 is 22.8 Å². The van der Waals surface area contributed by atoms with E-state index in [1.54, 1.807) is 12.1 Å². The van der Waals surface area contributed by atoms with E-state index in [0.29, 0.717) is 17.1 Å². The van der Waals surface area contributed by atoms with Gasteiger partial charge in [-0.25, -0.2) is 0 Å². The largest absolute Gasteiger partial charge is 0.398 e. The predicted octanol–water partition coefficient (Wildman–Crippen LogP) is 4.35. The van der Waals surface area contributed by atoms with E-state index in [1.807, 2.05) is 55.5 Å². The molecule has 0 heterocycles. The van der Waals surface area contributed by atoms with Crippen LogP contribution >= 0.6 is 0 Å². The number of hydrazone groups is 1. The first-order valence-electron chi connectivity index (χ1n) is 8.04. The topological polar surface area (TPSA) is 93.5 Å². The molecule has 0 fully saturated rings. The van der Waals surface area contributed by atoms with Gasteiger partial charge >= 0.3 is 0 Å². The van der Waals surface area contributed by atoms with Gasteiger partial charge in [-0.3, -0.25) is 15.5 Å². The highest BCUT2D eigenvalue weighted by Gasteiger charge is 2.11. The molecule has 3 aromatic carbocycles. The van der Waals surface area contributed by atoms with Crippen LogP contribution in [0.15, 0.2) is 77.9 Å². The van der Waals surface area contributed by atoms with Crippen molar-refractivity contribution in [1.82, 2.24) is 0 Å². The number of hydrogen-bond donors (Lipinski definition) is 2. The van der Waals surface area contributed by atoms with E-state index < -0.39 is 4.92 Å². The lowest BCUT2D eigenvalue weighted by Crippen LogP contribution is -2.09. The van der Waals surface area contributed by atoms with Gasteiger partial charge in [-0.15, -0.1) is 0 Å². The molecule has 3 N–H and O–H groups in total. The van der Waals surface area contributed by atoms with Gasteiger partial charge in [0.25, 0.3) is 5.69 Å². The Morgan fingerprint density at radius 1 is 1.04 bits per heavy atom. The molecular formula is C20H18N4O2. The Kier molecular flexibility index (Phi) is 4.94. The second kappa shape index (κ2) is 7.48. The average Bonchev–Trinajstić information content (AvgIpc) is 2.66. The van der Waals surface area contributed by atoms with Crippen molar-refractivity contribution in [3.63, 3.8) is 0 Å². The van der Waals surface area contributed by atoms with Crippen LogP contribution in [0.25, 0.3) is 0 Å². The van der Waals surface area contributed by atoms with E-state index in [9.17, 15) is 10.1 Å². The van der Waals surface area contributed by atoms with Gasteiger partial charge in [-0.05, 0) is 31.2 Å². The molecule has 0 saturated carbocycles. The van der Waals surface area contributed by atoms with E-state index in [4.69, 9.17) is 5.73 Å². The van der Waals surface area contributed by atoms with Gasteiger partial charge in [0.15, 0.2) is 0 Å². The van der Waals surface area contributed by atoms with Crippen molar-refractivity contribution in [2.45, 2.75) is 6.92 Å². The van der Waals surface area contributed by atoms with Crippen molar-refractivity contribution in [3.05, 3.63) is 99.6 Å². The standard InChI is InChI=1S/C20H18N4O2/c1-14-7-12-19(21)18(13-14)20(15-5-3-2-4-6-15)23-22-16-8-10-17(11-9-16)24(25)26/h2-13,22H,21H2,1H3. The molecular weight excluding hydrogens is 328 g/mol. The zero-order valence-electron chi connectivity index (χ0n) is 14.2. The minimum absolute atomic E-state index is 0.0331. The quantitative estimate of drug-likeness (QED) is 0.311. The number of hydrogen-bond acceptors (Lipinski definition) is 5. The molecule has 0 spiro atoms. The summed E-state index contributed by atoms with van der Waals surface area (Å²) in [4.78, 5) is 10.3. The Balaban J connectivity index is 1.99. The number of rotatable bonds is 5. The number of nitrogens with one attached hydrogen (secondary N) is 1. The fourth-order valence-electron chi connectivity index (χ4n) is 2.53. The molecule has 3 rings (SSSR count). The Hall–Kier alpha value is -3.67. The van der Waals surface area contributed by atoms with E-state index in [1.165, 1.54) is 12.1 Å². The van der Waals surface area contributed by atoms with Crippen molar-refractivity contribution < 1.29 is 4.92 Å². The molecule has 0 aliphatic carbocycles. The van der Waals surface area contributed by atoms with E-state index in [-0.39, 0.29) is 5.69 Å². The Bertz CT molecular complexity index is 951. The number of benzene rings is 3. The van der Waals surface area contributed by atoms with Crippen LogP contribution in [0, 0.1) is 17.0 Å². The van der Waals surface area contributed by atoms with Crippen LogP contribution in [0.2, 0.25) is 0 Å². The third-order valence-electron chi connectivity index (χ3n) is 3.89. The minimum Gasteiger partial charge on any atom is -0.398 e. The maximum atomic E-state index is 10.8. The zero-order valence-corrected chi connectivity index (χ0v) is 14.2. The van der Waals surface area contributed by atoms with Crippen LogP contribution in [0.1, 0.15) is 16.7 Å². The zero-order chi connectivity index (χ0) is 18.5. The lowest BCUT2D eigenvalue weighted by Gasteiger charge is -2.12. The molecule has 0 amide bonds. The van der Waals surface area contributed by atoms with Gasteiger partial charge in [0.2, 0.25) is 0 Å². The van der Waals surface area contributed by atoms with Gasteiger partial charge in [-0.2, -0.15) is 5.10 Å². The summed E-state index contributed by atoms with van der Waals surface area (Å²) < 4.78 is 0. The molecule has 0 aliphatic rings. The highest BCUT2D eigenvalue weighted by Crippen LogP contribution is 2.21. The number of nitrogens with two attached hydrogens (primary N) is 1. The second-order valence-electron chi connectivity index (χ2n) is 5.83. The van der Waals surface area contributed by atoms with Gasteiger partial charge < -0.3 is 5.73 Å². The summed E-state index contributed by atoms with van der Waals surface area (Å²) in [6.45, 7) is 2.00. The van der Waals surface area contributed by atoms with Crippen LogP contribution < -0.4 is 11.2 Å². The lowest BCUT2D eigenvalue weighted by atomic mass is 9.99. The highest BCUT2D eigenvalue weighted by atomic mass is 16.6.